The number of amides is 2. The van der Waals surface area contributed by atoms with Gasteiger partial charge in [0.15, 0.2) is 6.19 Å². The number of nitro groups is 1. The summed E-state index contributed by atoms with van der Waals surface area (Å²) in [6, 6.07) is 5.81. The Morgan fingerprint density at radius 1 is 1.38 bits per heavy atom. The first-order valence-electron chi connectivity index (χ1n) is 8.24. The average molecular weight is 360 g/mol. The molecule has 138 valence electrons. The fourth-order valence-electron chi connectivity index (χ4n) is 2.92. The molecule has 2 amide bonds. The van der Waals surface area contributed by atoms with Crippen molar-refractivity contribution in [3.63, 3.8) is 0 Å². The minimum Gasteiger partial charge on any atom is -0.445 e. The minimum absolute atomic E-state index is 0.0585. The molecule has 9 heteroatoms. The molecule has 0 heterocycles. The second-order valence-corrected chi connectivity index (χ2v) is 6.19. The lowest BCUT2D eigenvalue weighted by Crippen LogP contribution is -2.40. The normalized spacial score (nSPS) is 19.1. The van der Waals surface area contributed by atoms with Crippen LogP contribution in [0.2, 0.25) is 0 Å². The Morgan fingerprint density at radius 2 is 2.08 bits per heavy atom. The summed E-state index contributed by atoms with van der Waals surface area (Å²) in [5.74, 6) is -0.391. The fourth-order valence-corrected chi connectivity index (χ4v) is 2.92. The maximum Gasteiger partial charge on any atom is 0.407 e. The van der Waals surface area contributed by atoms with Crippen LogP contribution in [0.3, 0.4) is 0 Å². The summed E-state index contributed by atoms with van der Waals surface area (Å²) < 4.78 is 5.10. The van der Waals surface area contributed by atoms with Crippen LogP contribution in [0.4, 0.5) is 10.5 Å². The predicted molar refractivity (Wildman–Crippen MR) is 90.5 cm³/mol. The number of nitrogens with zero attached hydrogens (tertiary/aromatic N) is 3. The molecular weight excluding hydrogens is 340 g/mol. The Bertz CT molecular complexity index is 722. The van der Waals surface area contributed by atoms with Gasteiger partial charge in [-0.2, -0.15) is 5.26 Å². The second-order valence-electron chi connectivity index (χ2n) is 6.19. The number of hydrogen-bond donors (Lipinski definition) is 1. The van der Waals surface area contributed by atoms with Gasteiger partial charge in [-0.05, 0) is 31.2 Å². The second kappa shape index (κ2) is 8.80. The number of rotatable bonds is 5. The van der Waals surface area contributed by atoms with Gasteiger partial charge >= 0.3 is 6.09 Å². The molecule has 1 fully saturated rings. The summed E-state index contributed by atoms with van der Waals surface area (Å²) in [7, 11) is 1.44. The molecule has 1 saturated carbocycles. The van der Waals surface area contributed by atoms with E-state index in [1.807, 2.05) is 0 Å². The summed E-state index contributed by atoms with van der Waals surface area (Å²) in [4.78, 5) is 35.1. The van der Waals surface area contributed by atoms with Crippen LogP contribution in [0.15, 0.2) is 24.3 Å². The molecule has 26 heavy (non-hydrogen) atoms. The predicted octanol–water partition coefficient (Wildman–Crippen LogP) is 2.32. The van der Waals surface area contributed by atoms with E-state index in [1.54, 1.807) is 12.3 Å². The molecular formula is C17H20N4O5. The van der Waals surface area contributed by atoms with Gasteiger partial charge in [0.25, 0.3) is 5.69 Å². The van der Waals surface area contributed by atoms with Crippen LogP contribution >= 0.6 is 0 Å². The number of non-ortho nitro benzene ring substituents is 1. The van der Waals surface area contributed by atoms with Crippen LogP contribution in [0.1, 0.15) is 31.2 Å². The van der Waals surface area contributed by atoms with Gasteiger partial charge in [0, 0.05) is 31.1 Å². The molecule has 1 aromatic carbocycles. The van der Waals surface area contributed by atoms with E-state index in [-0.39, 0.29) is 30.2 Å². The van der Waals surface area contributed by atoms with Gasteiger partial charge in [-0.25, -0.2) is 4.79 Å². The third kappa shape index (κ3) is 5.17. The van der Waals surface area contributed by atoms with Crippen molar-refractivity contribution in [3.05, 3.63) is 39.9 Å². The highest BCUT2D eigenvalue weighted by Crippen LogP contribution is 2.25. The summed E-state index contributed by atoms with van der Waals surface area (Å²) in [5.41, 5.74) is 0.472. The lowest BCUT2D eigenvalue weighted by molar-refractivity contribution is -0.384. The number of hydrogen-bond acceptors (Lipinski definition) is 6. The van der Waals surface area contributed by atoms with Gasteiger partial charge in [0.1, 0.15) is 6.61 Å². The molecule has 0 saturated heterocycles. The van der Waals surface area contributed by atoms with Crippen molar-refractivity contribution in [1.29, 1.82) is 5.26 Å². The number of ether oxygens (including phenoxy) is 1. The molecule has 1 aliphatic rings. The molecule has 2 rings (SSSR count). The quantitative estimate of drug-likeness (QED) is 0.372. The zero-order valence-corrected chi connectivity index (χ0v) is 14.4. The third-order valence-electron chi connectivity index (χ3n) is 4.37. The van der Waals surface area contributed by atoms with Crippen LogP contribution in [0, 0.1) is 27.5 Å². The number of carbonyl (C=O) groups is 2. The van der Waals surface area contributed by atoms with Crippen LogP contribution in [0.25, 0.3) is 0 Å². The summed E-state index contributed by atoms with van der Waals surface area (Å²) >= 11 is 0. The Labute approximate surface area is 150 Å². The van der Waals surface area contributed by atoms with E-state index in [4.69, 9.17) is 10.00 Å². The van der Waals surface area contributed by atoms with E-state index >= 15 is 0 Å². The molecule has 0 atom stereocenters. The molecule has 0 radical (unpaired) electrons. The molecule has 1 aliphatic carbocycles. The lowest BCUT2D eigenvalue weighted by Gasteiger charge is -2.28. The van der Waals surface area contributed by atoms with Crippen molar-refractivity contribution in [2.75, 3.05) is 7.05 Å². The maximum absolute atomic E-state index is 11.9. The van der Waals surface area contributed by atoms with E-state index < -0.39 is 11.0 Å². The molecule has 0 aliphatic heterocycles. The van der Waals surface area contributed by atoms with Gasteiger partial charge in [0.05, 0.1) is 4.92 Å². The van der Waals surface area contributed by atoms with Crippen molar-refractivity contribution < 1.29 is 19.2 Å². The number of benzene rings is 1. The number of nitrogens with one attached hydrogen (secondary N) is 1. The standard InChI is InChI=1S/C17H20N4O5/c1-20(11-18)16(22)13-5-7-14(8-6-13)19-17(23)26-10-12-3-2-4-15(9-12)21(24)25/h2-4,9,13-14H,5-8,10H2,1H3,(H,19,23). The summed E-state index contributed by atoms with van der Waals surface area (Å²) in [5, 5.41) is 22.2. The van der Waals surface area contributed by atoms with Gasteiger partial charge in [-0.1, -0.05) is 12.1 Å². The molecule has 0 unspecified atom stereocenters. The molecule has 1 N–H and O–H groups in total. The number of nitro benzene ring substituents is 1. The Morgan fingerprint density at radius 3 is 2.69 bits per heavy atom. The first kappa shape index (κ1) is 19.2. The molecule has 0 aromatic heterocycles. The van der Waals surface area contributed by atoms with Gasteiger partial charge in [0.2, 0.25) is 5.91 Å². The number of carbonyl (C=O) groups excluding carboxylic acids is 2. The Balaban J connectivity index is 1.76. The van der Waals surface area contributed by atoms with Crippen molar-refractivity contribution in [3.8, 4) is 6.19 Å². The van der Waals surface area contributed by atoms with E-state index in [2.05, 4.69) is 5.32 Å². The summed E-state index contributed by atoms with van der Waals surface area (Å²) in [6.45, 7) is -0.0612. The van der Waals surface area contributed by atoms with Crippen LogP contribution in [-0.2, 0) is 16.1 Å². The van der Waals surface area contributed by atoms with Crippen molar-refractivity contribution in [1.82, 2.24) is 10.2 Å². The molecule has 0 spiro atoms. The topological polar surface area (TPSA) is 126 Å². The van der Waals surface area contributed by atoms with Gasteiger partial charge < -0.3 is 10.1 Å². The maximum atomic E-state index is 11.9. The zero-order chi connectivity index (χ0) is 19.1. The van der Waals surface area contributed by atoms with Crippen LogP contribution in [-0.4, -0.2) is 34.9 Å². The third-order valence-corrected chi connectivity index (χ3v) is 4.37. The minimum atomic E-state index is -0.597. The average Bonchev–Trinajstić information content (AvgIpc) is 2.66. The molecule has 9 nitrogen and oxygen atoms in total. The van der Waals surface area contributed by atoms with Crippen LogP contribution < -0.4 is 5.32 Å². The smallest absolute Gasteiger partial charge is 0.407 e. The highest BCUT2D eigenvalue weighted by molar-refractivity contribution is 5.80. The van der Waals surface area contributed by atoms with E-state index in [0.29, 0.717) is 31.2 Å². The SMILES string of the molecule is CN(C#N)C(=O)C1CCC(NC(=O)OCc2cccc([N+](=O)[O-])c2)CC1. The number of alkyl carbamates (subject to hydrolysis) is 1. The van der Waals surface area contributed by atoms with Crippen molar-refractivity contribution >= 4 is 17.7 Å². The van der Waals surface area contributed by atoms with Gasteiger partial charge in [-0.15, -0.1) is 0 Å². The van der Waals surface area contributed by atoms with E-state index in [1.165, 1.54) is 25.2 Å². The first-order chi connectivity index (χ1) is 12.4. The first-order valence-corrected chi connectivity index (χ1v) is 8.24. The van der Waals surface area contributed by atoms with Crippen molar-refractivity contribution in [2.24, 2.45) is 5.92 Å². The van der Waals surface area contributed by atoms with E-state index in [0.717, 1.165) is 4.90 Å². The largest absolute Gasteiger partial charge is 0.445 e. The Hall–Kier alpha value is -3.15. The summed E-state index contributed by atoms with van der Waals surface area (Å²) in [6.07, 6.45) is 3.65. The zero-order valence-electron chi connectivity index (χ0n) is 14.4. The monoisotopic (exact) mass is 360 g/mol. The van der Waals surface area contributed by atoms with Crippen molar-refractivity contribution in [2.45, 2.75) is 38.3 Å². The lowest BCUT2D eigenvalue weighted by atomic mass is 9.85. The van der Waals surface area contributed by atoms with E-state index in [9.17, 15) is 19.7 Å². The fraction of sp³-hybridized carbons (Fsp3) is 0.471. The molecule has 0 bridgehead atoms. The number of nitriles is 1. The van der Waals surface area contributed by atoms with Crippen LogP contribution in [0.5, 0.6) is 0 Å². The molecule has 1 aromatic rings. The Kier molecular flexibility index (Phi) is 6.49. The highest BCUT2D eigenvalue weighted by Gasteiger charge is 2.29. The highest BCUT2D eigenvalue weighted by atomic mass is 16.6. The van der Waals surface area contributed by atoms with Gasteiger partial charge in [-0.3, -0.25) is 19.8 Å².